The number of carboxylic acids is 1. The van der Waals surface area contributed by atoms with E-state index in [1.54, 1.807) is 36.4 Å². The molecule has 19 heavy (non-hydrogen) atoms. The summed E-state index contributed by atoms with van der Waals surface area (Å²) in [7, 11) is 0. The fourth-order valence-corrected chi connectivity index (χ4v) is 1.93. The highest BCUT2D eigenvalue weighted by molar-refractivity contribution is 6.33. The molecule has 0 heterocycles. The summed E-state index contributed by atoms with van der Waals surface area (Å²) in [6.07, 6.45) is 0. The molecule has 0 saturated carbocycles. The van der Waals surface area contributed by atoms with Gasteiger partial charge in [0.05, 0.1) is 10.6 Å². The van der Waals surface area contributed by atoms with Gasteiger partial charge in [0.1, 0.15) is 12.4 Å². The van der Waals surface area contributed by atoms with E-state index in [0.717, 1.165) is 5.56 Å². The smallest absolute Gasteiger partial charge is 0.337 e. The van der Waals surface area contributed by atoms with Crippen molar-refractivity contribution in [2.24, 2.45) is 0 Å². The maximum absolute atomic E-state index is 10.8. The number of halogens is 2. The molecule has 0 spiro atoms. The van der Waals surface area contributed by atoms with Gasteiger partial charge in [-0.2, -0.15) is 0 Å². The lowest BCUT2D eigenvalue weighted by molar-refractivity contribution is 0.0697. The Balaban J connectivity index is 2.06. The third kappa shape index (κ3) is 3.63. The molecule has 2 aromatic carbocycles. The van der Waals surface area contributed by atoms with E-state index >= 15 is 0 Å². The van der Waals surface area contributed by atoms with Crippen LogP contribution < -0.4 is 4.74 Å². The van der Waals surface area contributed by atoms with Gasteiger partial charge in [-0.15, -0.1) is 0 Å². The molecule has 0 amide bonds. The Bertz CT molecular complexity index is 594. The molecule has 2 aromatic rings. The van der Waals surface area contributed by atoms with Gasteiger partial charge in [-0.1, -0.05) is 29.3 Å². The second kappa shape index (κ2) is 5.95. The second-order valence-corrected chi connectivity index (χ2v) is 4.71. The predicted molar refractivity (Wildman–Crippen MR) is 74.2 cm³/mol. The number of aromatic carboxylic acids is 1. The van der Waals surface area contributed by atoms with E-state index in [0.29, 0.717) is 17.4 Å². The topological polar surface area (TPSA) is 46.5 Å². The monoisotopic (exact) mass is 296 g/mol. The fraction of sp³-hybridized carbons (Fsp3) is 0.0714. The van der Waals surface area contributed by atoms with E-state index in [-0.39, 0.29) is 10.6 Å². The van der Waals surface area contributed by atoms with E-state index < -0.39 is 5.97 Å². The summed E-state index contributed by atoms with van der Waals surface area (Å²) in [6.45, 7) is 0.307. The van der Waals surface area contributed by atoms with Crippen LogP contribution in [-0.2, 0) is 6.61 Å². The Morgan fingerprint density at radius 3 is 2.37 bits per heavy atom. The van der Waals surface area contributed by atoms with E-state index in [2.05, 4.69) is 0 Å². The van der Waals surface area contributed by atoms with Crippen LogP contribution in [-0.4, -0.2) is 11.1 Å². The van der Waals surface area contributed by atoms with Crippen molar-refractivity contribution in [1.29, 1.82) is 0 Å². The Morgan fingerprint density at radius 1 is 1.11 bits per heavy atom. The number of hydrogen-bond acceptors (Lipinski definition) is 2. The predicted octanol–water partition coefficient (Wildman–Crippen LogP) is 4.27. The van der Waals surface area contributed by atoms with Crippen LogP contribution in [0.1, 0.15) is 15.9 Å². The molecule has 0 aliphatic rings. The molecule has 0 aliphatic heterocycles. The summed E-state index contributed by atoms with van der Waals surface area (Å²) in [4.78, 5) is 10.8. The van der Waals surface area contributed by atoms with Crippen molar-refractivity contribution in [3.63, 3.8) is 0 Å². The minimum absolute atomic E-state index is 0.0805. The van der Waals surface area contributed by atoms with Gasteiger partial charge in [-0.25, -0.2) is 4.79 Å². The molecule has 1 N–H and O–H groups in total. The summed E-state index contributed by atoms with van der Waals surface area (Å²) in [5.74, 6) is -0.363. The largest absolute Gasteiger partial charge is 0.489 e. The first-order chi connectivity index (χ1) is 9.06. The Hall–Kier alpha value is -1.71. The van der Waals surface area contributed by atoms with Crippen LogP contribution in [0.15, 0.2) is 42.5 Å². The van der Waals surface area contributed by atoms with Gasteiger partial charge in [-0.05, 0) is 42.0 Å². The molecule has 3 nitrogen and oxygen atoms in total. The quantitative estimate of drug-likeness (QED) is 0.916. The van der Waals surface area contributed by atoms with E-state index in [9.17, 15) is 4.79 Å². The molecular weight excluding hydrogens is 287 g/mol. The lowest BCUT2D eigenvalue weighted by atomic mass is 10.1. The maximum atomic E-state index is 10.8. The molecule has 0 aromatic heterocycles. The number of carboxylic acid groups (broad SMARTS) is 1. The minimum atomic E-state index is -1.05. The molecular formula is C14H10Cl2O3. The number of benzene rings is 2. The lowest BCUT2D eigenvalue weighted by Gasteiger charge is -2.07. The highest BCUT2D eigenvalue weighted by Crippen LogP contribution is 2.20. The molecule has 0 saturated heterocycles. The Labute approximate surface area is 120 Å². The molecule has 0 unspecified atom stereocenters. The first kappa shape index (κ1) is 13.7. The summed E-state index contributed by atoms with van der Waals surface area (Å²) in [5.41, 5.74) is 0.877. The number of rotatable bonds is 4. The molecule has 0 atom stereocenters. The van der Waals surface area contributed by atoms with Crippen molar-refractivity contribution in [3.8, 4) is 5.75 Å². The maximum Gasteiger partial charge on any atom is 0.337 e. The van der Waals surface area contributed by atoms with Crippen LogP contribution in [0.5, 0.6) is 5.75 Å². The average Bonchev–Trinajstić information content (AvgIpc) is 2.37. The zero-order valence-electron chi connectivity index (χ0n) is 9.77. The van der Waals surface area contributed by atoms with Gasteiger partial charge in [-0.3, -0.25) is 0 Å². The second-order valence-electron chi connectivity index (χ2n) is 3.86. The standard InChI is InChI=1S/C14H10Cl2O3/c15-10-2-4-11(5-3-10)19-8-9-1-6-12(14(17)18)13(16)7-9/h1-7H,8H2,(H,17,18). The third-order valence-corrected chi connectivity index (χ3v) is 3.05. The molecule has 2 rings (SSSR count). The Morgan fingerprint density at radius 2 is 1.79 bits per heavy atom. The van der Waals surface area contributed by atoms with Crippen LogP contribution >= 0.6 is 23.2 Å². The highest BCUT2D eigenvalue weighted by Gasteiger charge is 2.08. The van der Waals surface area contributed by atoms with Crippen molar-refractivity contribution in [1.82, 2.24) is 0 Å². The average molecular weight is 297 g/mol. The fourth-order valence-electron chi connectivity index (χ4n) is 1.52. The highest BCUT2D eigenvalue weighted by atomic mass is 35.5. The van der Waals surface area contributed by atoms with Gasteiger partial charge < -0.3 is 9.84 Å². The normalized spacial score (nSPS) is 10.2. The van der Waals surface area contributed by atoms with Gasteiger partial charge in [0.2, 0.25) is 0 Å². The van der Waals surface area contributed by atoms with Crippen molar-refractivity contribution >= 4 is 29.2 Å². The molecule has 0 fully saturated rings. The summed E-state index contributed by atoms with van der Waals surface area (Å²) >= 11 is 11.6. The number of ether oxygens (including phenoxy) is 1. The first-order valence-electron chi connectivity index (χ1n) is 5.46. The summed E-state index contributed by atoms with van der Waals surface area (Å²) < 4.78 is 5.54. The summed E-state index contributed by atoms with van der Waals surface area (Å²) in [5, 5.41) is 9.70. The molecule has 0 aliphatic carbocycles. The number of carbonyl (C=O) groups is 1. The minimum Gasteiger partial charge on any atom is -0.489 e. The van der Waals surface area contributed by atoms with Crippen LogP contribution in [0.25, 0.3) is 0 Å². The Kier molecular flexibility index (Phi) is 4.30. The SMILES string of the molecule is O=C(O)c1ccc(COc2ccc(Cl)cc2)cc1Cl. The van der Waals surface area contributed by atoms with Gasteiger partial charge >= 0.3 is 5.97 Å². The molecule has 0 bridgehead atoms. The van der Waals surface area contributed by atoms with E-state index in [1.807, 2.05) is 0 Å². The van der Waals surface area contributed by atoms with Gasteiger partial charge in [0.15, 0.2) is 0 Å². The first-order valence-corrected chi connectivity index (χ1v) is 6.22. The van der Waals surface area contributed by atoms with Crippen molar-refractivity contribution in [2.45, 2.75) is 6.61 Å². The van der Waals surface area contributed by atoms with Crippen molar-refractivity contribution < 1.29 is 14.6 Å². The van der Waals surface area contributed by atoms with Gasteiger partial charge in [0, 0.05) is 5.02 Å². The van der Waals surface area contributed by atoms with E-state index in [1.165, 1.54) is 6.07 Å². The van der Waals surface area contributed by atoms with Crippen LogP contribution in [0.3, 0.4) is 0 Å². The third-order valence-electron chi connectivity index (χ3n) is 2.48. The summed E-state index contributed by atoms with van der Waals surface area (Å²) in [6, 6.07) is 11.7. The van der Waals surface area contributed by atoms with Crippen LogP contribution in [0, 0.1) is 0 Å². The number of hydrogen-bond donors (Lipinski definition) is 1. The molecule has 0 radical (unpaired) electrons. The van der Waals surface area contributed by atoms with Crippen LogP contribution in [0.2, 0.25) is 10.0 Å². The zero-order valence-corrected chi connectivity index (χ0v) is 11.3. The van der Waals surface area contributed by atoms with E-state index in [4.69, 9.17) is 33.0 Å². The molecule has 98 valence electrons. The molecule has 5 heteroatoms. The van der Waals surface area contributed by atoms with Crippen LogP contribution in [0.4, 0.5) is 0 Å². The lowest BCUT2D eigenvalue weighted by Crippen LogP contribution is -2.00. The zero-order chi connectivity index (χ0) is 13.8. The van der Waals surface area contributed by atoms with Crippen molar-refractivity contribution in [2.75, 3.05) is 0 Å². The van der Waals surface area contributed by atoms with Crippen molar-refractivity contribution in [3.05, 3.63) is 63.6 Å². The van der Waals surface area contributed by atoms with Gasteiger partial charge in [0.25, 0.3) is 0 Å².